The summed E-state index contributed by atoms with van der Waals surface area (Å²) in [5.74, 6) is -1.68. The van der Waals surface area contributed by atoms with Gasteiger partial charge in [0, 0.05) is 11.6 Å². The number of rotatable bonds is 9. The van der Waals surface area contributed by atoms with Crippen LogP contribution >= 0.6 is 0 Å². The molecule has 0 heterocycles. The Balaban J connectivity index is 4.85. The van der Waals surface area contributed by atoms with Crippen molar-refractivity contribution < 1.29 is 9.59 Å². The number of carbonyl (C=O) groups excluding carboxylic acids is 2. The van der Waals surface area contributed by atoms with Gasteiger partial charge in [-0.3, -0.25) is 9.59 Å². The second kappa shape index (κ2) is 7.74. The minimum atomic E-state index is -0.675. The summed E-state index contributed by atoms with van der Waals surface area (Å²) < 4.78 is 0. The van der Waals surface area contributed by atoms with Crippen molar-refractivity contribution in [3.63, 3.8) is 0 Å². The Labute approximate surface area is 108 Å². The van der Waals surface area contributed by atoms with Crippen LogP contribution in [0.2, 0.25) is 0 Å². The Hall–Kier alpha value is -1.52. The first-order valence-corrected chi connectivity index (χ1v) is 6.37. The third-order valence-corrected chi connectivity index (χ3v) is 3.17. The second-order valence-corrected chi connectivity index (χ2v) is 4.42. The summed E-state index contributed by atoms with van der Waals surface area (Å²) in [5.41, 5.74) is 5.12. The van der Waals surface area contributed by atoms with E-state index >= 15 is 0 Å². The number of hydrogen-bond donors (Lipinski definition) is 3. The molecule has 0 aromatic carbocycles. The second-order valence-electron chi connectivity index (χ2n) is 4.42. The molecule has 0 aliphatic rings. The molecule has 0 aliphatic heterocycles. The van der Waals surface area contributed by atoms with Crippen LogP contribution in [-0.2, 0) is 9.59 Å². The fourth-order valence-electron chi connectivity index (χ4n) is 1.99. The van der Waals surface area contributed by atoms with Gasteiger partial charge in [-0.2, -0.15) is 0 Å². The Morgan fingerprint density at radius 3 is 1.89 bits per heavy atom. The molecule has 0 aromatic heterocycles. The van der Waals surface area contributed by atoms with Crippen molar-refractivity contribution >= 4 is 23.1 Å². The van der Waals surface area contributed by atoms with Crippen molar-refractivity contribution in [2.75, 3.05) is 0 Å². The minimum absolute atomic E-state index is 0.0192. The van der Waals surface area contributed by atoms with Crippen LogP contribution in [0.5, 0.6) is 0 Å². The smallest absolute Gasteiger partial charge is 0.223 e. The Morgan fingerprint density at radius 1 is 1.06 bits per heavy atom. The van der Waals surface area contributed by atoms with E-state index in [-0.39, 0.29) is 29.5 Å². The number of amides is 1. The zero-order chi connectivity index (χ0) is 14.3. The lowest BCUT2D eigenvalue weighted by atomic mass is 9.84. The topological polar surface area (TPSA) is 108 Å². The van der Waals surface area contributed by atoms with Gasteiger partial charge in [0.05, 0.1) is 18.1 Å². The molecule has 0 aromatic rings. The number of primary amides is 1. The van der Waals surface area contributed by atoms with Crippen LogP contribution in [0.4, 0.5) is 0 Å². The lowest BCUT2D eigenvalue weighted by Gasteiger charge is -2.19. The van der Waals surface area contributed by atoms with E-state index in [9.17, 15) is 9.59 Å². The molecule has 0 saturated carbocycles. The number of ketones is 1. The molecule has 5 heteroatoms. The average molecular weight is 253 g/mol. The summed E-state index contributed by atoms with van der Waals surface area (Å²) in [6.45, 7) is 5.65. The zero-order valence-electron chi connectivity index (χ0n) is 11.4. The van der Waals surface area contributed by atoms with Crippen molar-refractivity contribution in [1.29, 1.82) is 10.8 Å². The van der Waals surface area contributed by atoms with E-state index in [0.717, 1.165) is 12.8 Å². The molecule has 18 heavy (non-hydrogen) atoms. The SMILES string of the molecule is CCC(CC)C(=N)C(=O)[C@H](CC)C(=N)CC(N)=O. The van der Waals surface area contributed by atoms with Gasteiger partial charge in [-0.1, -0.05) is 20.8 Å². The number of nitrogens with two attached hydrogens (primary N) is 1. The number of nitrogens with one attached hydrogen (secondary N) is 2. The van der Waals surface area contributed by atoms with E-state index in [1.54, 1.807) is 6.92 Å². The maximum Gasteiger partial charge on any atom is 0.223 e. The van der Waals surface area contributed by atoms with Crippen LogP contribution in [0.25, 0.3) is 0 Å². The summed E-state index contributed by atoms with van der Waals surface area (Å²) >= 11 is 0. The highest BCUT2D eigenvalue weighted by Crippen LogP contribution is 2.16. The third-order valence-electron chi connectivity index (χ3n) is 3.17. The van der Waals surface area contributed by atoms with Crippen molar-refractivity contribution in [1.82, 2.24) is 0 Å². The van der Waals surface area contributed by atoms with Crippen molar-refractivity contribution in [2.45, 2.75) is 46.5 Å². The first-order valence-electron chi connectivity index (χ1n) is 6.37. The molecule has 0 aliphatic carbocycles. The van der Waals surface area contributed by atoms with Gasteiger partial charge in [0.2, 0.25) is 5.91 Å². The maximum atomic E-state index is 12.1. The summed E-state index contributed by atoms with van der Waals surface area (Å²) in [6.07, 6.45) is 1.69. The largest absolute Gasteiger partial charge is 0.369 e. The van der Waals surface area contributed by atoms with Gasteiger partial charge >= 0.3 is 0 Å². The predicted molar refractivity (Wildman–Crippen MR) is 72.1 cm³/mol. The van der Waals surface area contributed by atoms with E-state index in [1.807, 2.05) is 13.8 Å². The highest BCUT2D eigenvalue weighted by Gasteiger charge is 2.28. The molecule has 0 spiro atoms. The predicted octanol–water partition coefficient (Wildman–Crippen LogP) is 1.93. The fourth-order valence-corrected chi connectivity index (χ4v) is 1.99. The van der Waals surface area contributed by atoms with E-state index in [1.165, 1.54) is 0 Å². The number of carbonyl (C=O) groups is 2. The molecule has 1 atom stereocenters. The third kappa shape index (κ3) is 4.39. The van der Waals surface area contributed by atoms with Gasteiger partial charge < -0.3 is 16.6 Å². The van der Waals surface area contributed by atoms with E-state index < -0.39 is 11.8 Å². The Morgan fingerprint density at radius 2 is 1.56 bits per heavy atom. The van der Waals surface area contributed by atoms with Gasteiger partial charge in [-0.25, -0.2) is 0 Å². The van der Waals surface area contributed by atoms with Crippen molar-refractivity contribution in [2.24, 2.45) is 17.6 Å². The average Bonchev–Trinajstić information content (AvgIpc) is 2.30. The van der Waals surface area contributed by atoms with E-state index in [0.29, 0.717) is 6.42 Å². The van der Waals surface area contributed by atoms with Gasteiger partial charge in [-0.05, 0) is 19.3 Å². The normalized spacial score (nSPS) is 12.2. The first kappa shape index (κ1) is 16.5. The molecule has 102 valence electrons. The molecule has 0 bridgehead atoms. The maximum absolute atomic E-state index is 12.1. The number of hydrogen-bond acceptors (Lipinski definition) is 4. The van der Waals surface area contributed by atoms with Crippen molar-refractivity contribution in [3.05, 3.63) is 0 Å². The molecule has 0 radical (unpaired) electrons. The van der Waals surface area contributed by atoms with Crippen LogP contribution in [-0.4, -0.2) is 23.1 Å². The lowest BCUT2D eigenvalue weighted by Crippen LogP contribution is -2.34. The van der Waals surface area contributed by atoms with E-state index in [2.05, 4.69) is 0 Å². The first-order chi connectivity index (χ1) is 8.38. The Kier molecular flexibility index (Phi) is 7.08. The Bertz CT molecular complexity index is 346. The summed E-state index contributed by atoms with van der Waals surface area (Å²) in [6, 6.07) is 0. The molecular formula is C13H23N3O2. The number of Topliss-reactive ketones (excluding diaryl/α,β-unsaturated/α-hetero) is 1. The van der Waals surface area contributed by atoms with Crippen LogP contribution < -0.4 is 5.73 Å². The molecule has 1 amide bonds. The molecular weight excluding hydrogens is 230 g/mol. The van der Waals surface area contributed by atoms with Crippen LogP contribution in [0, 0.1) is 22.7 Å². The molecule has 0 fully saturated rings. The zero-order valence-corrected chi connectivity index (χ0v) is 11.4. The molecule has 5 nitrogen and oxygen atoms in total. The minimum Gasteiger partial charge on any atom is -0.369 e. The summed E-state index contributed by atoms with van der Waals surface area (Å²) in [4.78, 5) is 22.9. The summed E-state index contributed by atoms with van der Waals surface area (Å²) in [5, 5.41) is 15.6. The monoisotopic (exact) mass is 253 g/mol. The van der Waals surface area contributed by atoms with Crippen molar-refractivity contribution in [3.8, 4) is 0 Å². The fraction of sp³-hybridized carbons (Fsp3) is 0.692. The molecule has 0 rings (SSSR count). The summed E-state index contributed by atoms with van der Waals surface area (Å²) in [7, 11) is 0. The van der Waals surface area contributed by atoms with Gasteiger partial charge in [0.1, 0.15) is 0 Å². The van der Waals surface area contributed by atoms with Gasteiger partial charge in [0.25, 0.3) is 0 Å². The highest BCUT2D eigenvalue weighted by molar-refractivity contribution is 6.43. The standard InChI is InChI=1S/C13H23N3O2/c1-4-8(5-2)12(16)13(18)9(6-3)10(14)7-11(15)17/h8-9,14,16H,4-7H2,1-3H3,(H2,15,17)/t9-/m1/s1. The quantitative estimate of drug-likeness (QED) is 0.546. The van der Waals surface area contributed by atoms with Gasteiger partial charge in [0.15, 0.2) is 5.78 Å². The lowest BCUT2D eigenvalue weighted by molar-refractivity contribution is -0.116. The van der Waals surface area contributed by atoms with E-state index in [4.69, 9.17) is 16.6 Å². The molecule has 0 saturated heterocycles. The van der Waals surface area contributed by atoms with Gasteiger partial charge in [-0.15, -0.1) is 0 Å². The molecule has 0 unspecified atom stereocenters. The highest BCUT2D eigenvalue weighted by atomic mass is 16.1. The van der Waals surface area contributed by atoms with Crippen LogP contribution in [0.1, 0.15) is 46.5 Å². The van der Waals surface area contributed by atoms with Crippen LogP contribution in [0.3, 0.4) is 0 Å². The van der Waals surface area contributed by atoms with Crippen LogP contribution in [0.15, 0.2) is 0 Å². The molecule has 4 N–H and O–H groups in total.